The minimum absolute atomic E-state index is 0.00486. The number of carbonyl (C=O) groups excluding carboxylic acids is 1. The first-order chi connectivity index (χ1) is 11.1. The summed E-state index contributed by atoms with van der Waals surface area (Å²) in [4.78, 5) is 11.5. The summed E-state index contributed by atoms with van der Waals surface area (Å²) in [5, 5.41) is 4.33. The number of methoxy groups -OCH3 is 1. The number of hydrogen-bond acceptors (Lipinski definition) is 5. The fraction of sp³-hybridized carbons (Fsp3) is 0.588. The van der Waals surface area contributed by atoms with E-state index in [4.69, 9.17) is 9.47 Å². The van der Waals surface area contributed by atoms with E-state index in [0.29, 0.717) is 13.0 Å². The van der Waals surface area contributed by atoms with Crippen molar-refractivity contribution >= 4 is 24.1 Å². The molecule has 2 atom stereocenters. The van der Waals surface area contributed by atoms with Gasteiger partial charge in [-0.25, -0.2) is 4.79 Å². The van der Waals surface area contributed by atoms with E-state index in [-0.39, 0.29) is 12.1 Å². The lowest BCUT2D eigenvalue weighted by molar-refractivity contribution is -0.152. The Bertz CT molecular complexity index is 608. The molecule has 1 aromatic carbocycles. The van der Waals surface area contributed by atoms with Crippen LogP contribution in [0.25, 0.3) is 0 Å². The molecule has 23 heavy (non-hydrogen) atoms. The number of hydrogen-bond donors (Lipinski definition) is 1. The molecule has 0 bridgehead atoms. The van der Waals surface area contributed by atoms with Crippen molar-refractivity contribution < 1.29 is 18.8 Å². The molecule has 0 spiro atoms. The smallest absolute Gasteiger partial charge is 0.334 e. The highest BCUT2D eigenvalue weighted by Gasteiger charge is 2.31. The number of carbonyl (C=O) groups is 1. The van der Waals surface area contributed by atoms with E-state index in [0.717, 1.165) is 42.6 Å². The second kappa shape index (κ2) is 7.06. The van der Waals surface area contributed by atoms with Gasteiger partial charge in [0.05, 0.1) is 13.2 Å². The number of benzene rings is 1. The molecular formula is C17H24NO4P. The van der Waals surface area contributed by atoms with Crippen molar-refractivity contribution in [1.29, 1.82) is 0 Å². The highest BCUT2D eigenvalue weighted by molar-refractivity contribution is 7.71. The van der Waals surface area contributed by atoms with Crippen LogP contribution in [0.1, 0.15) is 25.7 Å². The van der Waals surface area contributed by atoms with E-state index in [1.807, 2.05) is 24.3 Å². The van der Waals surface area contributed by atoms with Gasteiger partial charge in [-0.1, -0.05) is 12.1 Å². The SMILES string of the molecule is COC(=O)[C@@H]1CC[C@H](CNc2cccc(P3(=O)CCCC3)c2)O1. The number of anilines is 1. The summed E-state index contributed by atoms with van der Waals surface area (Å²) in [6.45, 7) is 0.640. The molecule has 0 saturated carbocycles. The number of nitrogens with one attached hydrogen (secondary N) is 1. The van der Waals surface area contributed by atoms with Crippen LogP contribution in [0.5, 0.6) is 0 Å². The largest absolute Gasteiger partial charge is 0.467 e. The molecule has 126 valence electrons. The standard InChI is InChI=1S/C17H24NO4P/c1-21-17(19)16-8-7-14(22-16)12-18-13-5-4-6-15(11-13)23(20)9-2-3-10-23/h4-6,11,14,16,18H,2-3,7-10,12H2,1H3/t14-,16+/m1/s1. The van der Waals surface area contributed by atoms with Crippen LogP contribution in [0.4, 0.5) is 5.69 Å². The zero-order chi connectivity index (χ0) is 16.3. The Balaban J connectivity index is 1.57. The van der Waals surface area contributed by atoms with Gasteiger partial charge in [0.2, 0.25) is 0 Å². The molecule has 2 heterocycles. The van der Waals surface area contributed by atoms with Crippen LogP contribution >= 0.6 is 7.14 Å². The molecular weight excluding hydrogens is 313 g/mol. The topological polar surface area (TPSA) is 64.6 Å². The van der Waals surface area contributed by atoms with E-state index in [1.165, 1.54) is 7.11 Å². The molecule has 5 nitrogen and oxygen atoms in total. The maximum atomic E-state index is 12.9. The van der Waals surface area contributed by atoms with Crippen LogP contribution in [0.3, 0.4) is 0 Å². The van der Waals surface area contributed by atoms with Crippen molar-refractivity contribution in [3.05, 3.63) is 24.3 Å². The van der Waals surface area contributed by atoms with E-state index in [2.05, 4.69) is 5.32 Å². The normalized spacial score (nSPS) is 26.1. The van der Waals surface area contributed by atoms with Crippen LogP contribution in [0.15, 0.2) is 24.3 Å². The Morgan fingerprint density at radius 3 is 2.87 bits per heavy atom. The first-order valence-corrected chi connectivity index (χ1v) is 10.3. The number of esters is 1. The summed E-state index contributed by atoms with van der Waals surface area (Å²) in [5.41, 5.74) is 0.967. The maximum Gasteiger partial charge on any atom is 0.334 e. The molecule has 2 aliphatic rings. The van der Waals surface area contributed by atoms with Gasteiger partial charge in [0.1, 0.15) is 7.14 Å². The van der Waals surface area contributed by atoms with Crippen LogP contribution < -0.4 is 10.6 Å². The Kier molecular flexibility index (Phi) is 5.08. The van der Waals surface area contributed by atoms with Crippen molar-refractivity contribution in [3.8, 4) is 0 Å². The molecule has 3 rings (SSSR count). The third-order valence-electron chi connectivity index (χ3n) is 4.71. The summed E-state index contributed by atoms with van der Waals surface area (Å²) in [7, 11) is -0.775. The third-order valence-corrected chi connectivity index (χ3v) is 8.01. The predicted octanol–water partition coefficient (Wildman–Crippen LogP) is 2.60. The molecule has 0 aromatic heterocycles. The highest BCUT2D eigenvalue weighted by Crippen LogP contribution is 2.51. The molecule has 6 heteroatoms. The van der Waals surface area contributed by atoms with Gasteiger partial charge >= 0.3 is 5.97 Å². The summed E-state index contributed by atoms with van der Waals surface area (Å²) >= 11 is 0. The van der Waals surface area contributed by atoms with Gasteiger partial charge in [-0.05, 0) is 37.8 Å². The minimum Gasteiger partial charge on any atom is -0.467 e. The predicted molar refractivity (Wildman–Crippen MR) is 91.1 cm³/mol. The van der Waals surface area contributed by atoms with Gasteiger partial charge < -0.3 is 19.4 Å². The highest BCUT2D eigenvalue weighted by atomic mass is 31.2. The molecule has 2 aliphatic heterocycles. The average Bonchev–Trinajstić information content (AvgIpc) is 3.22. The van der Waals surface area contributed by atoms with Gasteiger partial charge in [0.25, 0.3) is 0 Å². The van der Waals surface area contributed by atoms with Gasteiger partial charge in [0.15, 0.2) is 6.10 Å². The lowest BCUT2D eigenvalue weighted by Crippen LogP contribution is -2.25. The van der Waals surface area contributed by atoms with Crippen LogP contribution in [-0.2, 0) is 18.8 Å². The van der Waals surface area contributed by atoms with Crippen LogP contribution in [0.2, 0.25) is 0 Å². The Morgan fingerprint density at radius 1 is 1.35 bits per heavy atom. The van der Waals surface area contributed by atoms with Crippen LogP contribution in [-0.4, -0.2) is 44.2 Å². The summed E-state index contributed by atoms with van der Waals surface area (Å²) in [6.07, 6.45) is 4.92. The Hall–Kier alpha value is -1.32. The molecule has 1 aromatic rings. The average molecular weight is 337 g/mol. The second-order valence-electron chi connectivity index (χ2n) is 6.32. The summed E-state index contributed by atoms with van der Waals surface area (Å²) in [5.74, 6) is -0.297. The van der Waals surface area contributed by atoms with Crippen molar-refractivity contribution in [2.45, 2.75) is 37.9 Å². The number of rotatable bonds is 5. The van der Waals surface area contributed by atoms with Gasteiger partial charge in [-0.2, -0.15) is 0 Å². The molecule has 2 fully saturated rings. The first kappa shape index (κ1) is 16.5. The quantitative estimate of drug-likeness (QED) is 0.661. The molecule has 0 radical (unpaired) electrons. The Labute approximate surface area is 137 Å². The third kappa shape index (κ3) is 3.78. The number of ether oxygens (including phenoxy) is 2. The zero-order valence-electron chi connectivity index (χ0n) is 13.5. The Morgan fingerprint density at radius 2 is 2.13 bits per heavy atom. The van der Waals surface area contributed by atoms with Crippen LogP contribution in [0, 0.1) is 0 Å². The second-order valence-corrected chi connectivity index (χ2v) is 9.51. The van der Waals surface area contributed by atoms with E-state index in [9.17, 15) is 9.36 Å². The van der Waals surface area contributed by atoms with Crippen molar-refractivity contribution in [2.24, 2.45) is 0 Å². The maximum absolute atomic E-state index is 12.9. The van der Waals surface area contributed by atoms with E-state index < -0.39 is 13.2 Å². The minimum atomic E-state index is -2.16. The zero-order valence-corrected chi connectivity index (χ0v) is 14.4. The molecule has 1 N–H and O–H groups in total. The van der Waals surface area contributed by atoms with E-state index >= 15 is 0 Å². The van der Waals surface area contributed by atoms with Crippen molar-refractivity contribution in [1.82, 2.24) is 0 Å². The summed E-state index contributed by atoms with van der Waals surface area (Å²) in [6, 6.07) is 7.94. The fourth-order valence-corrected chi connectivity index (χ4v) is 6.31. The van der Waals surface area contributed by atoms with Crippen molar-refractivity contribution in [2.75, 3.05) is 31.3 Å². The van der Waals surface area contributed by atoms with E-state index in [1.54, 1.807) is 0 Å². The fourth-order valence-electron chi connectivity index (χ4n) is 3.37. The molecule has 2 saturated heterocycles. The molecule has 0 aliphatic carbocycles. The lowest BCUT2D eigenvalue weighted by Gasteiger charge is -2.16. The van der Waals surface area contributed by atoms with Gasteiger partial charge in [-0.15, -0.1) is 0 Å². The van der Waals surface area contributed by atoms with Gasteiger partial charge in [0, 0.05) is 29.9 Å². The van der Waals surface area contributed by atoms with Gasteiger partial charge in [-0.3, -0.25) is 0 Å². The molecule has 0 unspecified atom stereocenters. The first-order valence-electron chi connectivity index (χ1n) is 8.26. The molecule has 0 amide bonds. The monoisotopic (exact) mass is 337 g/mol. The summed E-state index contributed by atoms with van der Waals surface area (Å²) < 4.78 is 23.3. The van der Waals surface area contributed by atoms with Crippen molar-refractivity contribution in [3.63, 3.8) is 0 Å². The lowest BCUT2D eigenvalue weighted by atomic mass is 10.2.